The van der Waals surface area contributed by atoms with Crippen molar-refractivity contribution in [1.29, 1.82) is 5.26 Å². The van der Waals surface area contributed by atoms with Crippen molar-refractivity contribution in [3.05, 3.63) is 12.2 Å². The van der Waals surface area contributed by atoms with Crippen LogP contribution in [0.5, 0.6) is 0 Å². The Morgan fingerprint density at radius 3 is 2.64 bits per heavy atom. The number of likely N-dealkylation sites (N-methyl/N-ethyl adjacent to an activating group) is 1. The Bertz CT molecular complexity index is 203. The molecule has 0 rings (SSSR count). The van der Waals surface area contributed by atoms with E-state index in [0.717, 1.165) is 0 Å². The van der Waals surface area contributed by atoms with E-state index in [9.17, 15) is 4.79 Å². The molecule has 0 fully saturated rings. The van der Waals surface area contributed by atoms with Crippen LogP contribution in [0.25, 0.3) is 0 Å². The molecule has 0 aliphatic carbocycles. The summed E-state index contributed by atoms with van der Waals surface area (Å²) in [5.41, 5.74) is 0.505. The third-order valence-electron chi connectivity index (χ3n) is 1.27. The zero-order valence-electron chi connectivity index (χ0n) is 6.92. The summed E-state index contributed by atoms with van der Waals surface area (Å²) in [7, 11) is 1.66. The molecule has 0 aliphatic rings. The lowest BCUT2D eigenvalue weighted by Gasteiger charge is -2.14. The van der Waals surface area contributed by atoms with Gasteiger partial charge in [0.05, 0.1) is 12.5 Å². The number of amides is 1. The summed E-state index contributed by atoms with van der Waals surface area (Å²) < 4.78 is 0. The average Bonchev–Trinajstić information content (AvgIpc) is 1.98. The molecule has 0 atom stereocenters. The van der Waals surface area contributed by atoms with Gasteiger partial charge >= 0.3 is 0 Å². The van der Waals surface area contributed by atoms with Gasteiger partial charge in [-0.3, -0.25) is 4.79 Å². The van der Waals surface area contributed by atoms with Crippen LogP contribution in [0, 0.1) is 11.3 Å². The van der Waals surface area contributed by atoms with E-state index in [-0.39, 0.29) is 5.91 Å². The number of carbonyl (C=O) groups excluding carboxylic acids is 1. The van der Waals surface area contributed by atoms with Crippen LogP contribution in [0.2, 0.25) is 0 Å². The Hall–Kier alpha value is -1.30. The van der Waals surface area contributed by atoms with E-state index in [0.29, 0.717) is 18.5 Å². The van der Waals surface area contributed by atoms with E-state index in [2.05, 4.69) is 6.58 Å². The van der Waals surface area contributed by atoms with Crippen molar-refractivity contribution in [3.8, 4) is 6.07 Å². The second-order valence-corrected chi connectivity index (χ2v) is 2.42. The lowest BCUT2D eigenvalue weighted by molar-refractivity contribution is -0.125. The highest BCUT2D eigenvalue weighted by Gasteiger charge is 2.07. The topological polar surface area (TPSA) is 44.1 Å². The number of hydrogen-bond acceptors (Lipinski definition) is 2. The normalized spacial score (nSPS) is 8.45. The van der Waals surface area contributed by atoms with Gasteiger partial charge in [-0.15, -0.1) is 0 Å². The van der Waals surface area contributed by atoms with Crippen molar-refractivity contribution in [1.82, 2.24) is 4.90 Å². The largest absolute Gasteiger partial charge is 0.341 e. The Labute approximate surface area is 66.9 Å². The molecule has 0 saturated heterocycles. The lowest BCUT2D eigenvalue weighted by atomic mass is 10.3. The molecule has 0 aliphatic heterocycles. The second-order valence-electron chi connectivity index (χ2n) is 2.42. The van der Waals surface area contributed by atoms with Gasteiger partial charge in [0.1, 0.15) is 0 Å². The monoisotopic (exact) mass is 152 g/mol. The van der Waals surface area contributed by atoms with Crippen LogP contribution in [0.1, 0.15) is 13.3 Å². The highest BCUT2D eigenvalue weighted by atomic mass is 16.2. The second kappa shape index (κ2) is 4.51. The van der Waals surface area contributed by atoms with E-state index in [1.165, 1.54) is 4.90 Å². The molecule has 0 saturated carbocycles. The van der Waals surface area contributed by atoms with Gasteiger partial charge in [0.25, 0.3) is 0 Å². The standard InChI is InChI=1S/C8H12N2O/c1-7(2)8(11)10(3)6-4-5-9/h1,4,6H2,2-3H3. The molecule has 0 unspecified atom stereocenters. The summed E-state index contributed by atoms with van der Waals surface area (Å²) in [6.45, 7) is 5.64. The minimum absolute atomic E-state index is 0.0970. The minimum atomic E-state index is -0.0970. The Kier molecular flexibility index (Phi) is 3.97. The van der Waals surface area contributed by atoms with Gasteiger partial charge in [-0.1, -0.05) is 6.58 Å². The lowest BCUT2D eigenvalue weighted by Crippen LogP contribution is -2.27. The molecular formula is C8H12N2O. The molecule has 0 aromatic heterocycles. The molecule has 0 heterocycles. The van der Waals surface area contributed by atoms with Gasteiger partial charge in [0.2, 0.25) is 5.91 Å². The van der Waals surface area contributed by atoms with Crippen molar-refractivity contribution in [2.24, 2.45) is 0 Å². The summed E-state index contributed by atoms with van der Waals surface area (Å²) in [6, 6.07) is 1.97. The van der Waals surface area contributed by atoms with Gasteiger partial charge in [-0.2, -0.15) is 5.26 Å². The molecule has 0 N–H and O–H groups in total. The molecule has 0 aromatic carbocycles. The van der Waals surface area contributed by atoms with Crippen molar-refractivity contribution in [3.63, 3.8) is 0 Å². The molecule has 0 bridgehead atoms. The van der Waals surface area contributed by atoms with E-state index >= 15 is 0 Å². The van der Waals surface area contributed by atoms with Crippen molar-refractivity contribution < 1.29 is 4.79 Å². The van der Waals surface area contributed by atoms with E-state index in [4.69, 9.17) is 5.26 Å². The predicted molar refractivity (Wildman–Crippen MR) is 42.7 cm³/mol. The Balaban J connectivity index is 3.85. The number of nitriles is 1. The van der Waals surface area contributed by atoms with E-state index in [1.807, 2.05) is 6.07 Å². The van der Waals surface area contributed by atoms with Gasteiger partial charge in [-0.25, -0.2) is 0 Å². The minimum Gasteiger partial charge on any atom is -0.341 e. The van der Waals surface area contributed by atoms with E-state index in [1.54, 1.807) is 14.0 Å². The van der Waals surface area contributed by atoms with Crippen molar-refractivity contribution in [2.45, 2.75) is 13.3 Å². The van der Waals surface area contributed by atoms with Gasteiger partial charge in [0.15, 0.2) is 0 Å². The van der Waals surface area contributed by atoms with Crippen LogP contribution >= 0.6 is 0 Å². The first-order valence-corrected chi connectivity index (χ1v) is 3.37. The Morgan fingerprint density at radius 2 is 2.27 bits per heavy atom. The first-order chi connectivity index (χ1) is 5.09. The number of rotatable bonds is 3. The van der Waals surface area contributed by atoms with Crippen LogP contribution in [0.3, 0.4) is 0 Å². The van der Waals surface area contributed by atoms with Crippen molar-refractivity contribution >= 4 is 5.91 Å². The summed E-state index contributed by atoms with van der Waals surface area (Å²) in [4.78, 5) is 12.6. The molecule has 0 radical (unpaired) electrons. The van der Waals surface area contributed by atoms with Gasteiger partial charge < -0.3 is 4.90 Å². The molecule has 3 heteroatoms. The van der Waals surface area contributed by atoms with Crippen LogP contribution in [-0.2, 0) is 4.79 Å². The molecule has 0 spiro atoms. The fraction of sp³-hybridized carbons (Fsp3) is 0.500. The summed E-state index contributed by atoms with van der Waals surface area (Å²) in [6.07, 6.45) is 0.371. The molecule has 3 nitrogen and oxygen atoms in total. The maximum absolute atomic E-state index is 11.1. The van der Waals surface area contributed by atoms with Gasteiger partial charge in [0, 0.05) is 19.2 Å². The van der Waals surface area contributed by atoms with Crippen LogP contribution < -0.4 is 0 Å². The number of nitrogens with zero attached hydrogens (tertiary/aromatic N) is 2. The number of carbonyl (C=O) groups is 1. The fourth-order valence-electron chi connectivity index (χ4n) is 0.645. The zero-order chi connectivity index (χ0) is 8.85. The highest BCUT2D eigenvalue weighted by Crippen LogP contribution is 1.95. The van der Waals surface area contributed by atoms with Crippen LogP contribution in [-0.4, -0.2) is 24.4 Å². The maximum atomic E-state index is 11.1. The third kappa shape index (κ3) is 3.41. The average molecular weight is 152 g/mol. The maximum Gasteiger partial charge on any atom is 0.248 e. The third-order valence-corrected chi connectivity index (χ3v) is 1.27. The summed E-state index contributed by atoms with van der Waals surface area (Å²) >= 11 is 0. The fourth-order valence-corrected chi connectivity index (χ4v) is 0.645. The molecule has 11 heavy (non-hydrogen) atoms. The number of hydrogen-bond donors (Lipinski definition) is 0. The predicted octanol–water partition coefficient (Wildman–Crippen LogP) is 0.935. The van der Waals surface area contributed by atoms with Crippen LogP contribution in [0.15, 0.2) is 12.2 Å². The molecule has 0 aromatic rings. The summed E-state index contributed by atoms with van der Waals surface area (Å²) in [5, 5.41) is 8.23. The Morgan fingerprint density at radius 1 is 1.73 bits per heavy atom. The van der Waals surface area contributed by atoms with Gasteiger partial charge in [-0.05, 0) is 6.92 Å². The highest BCUT2D eigenvalue weighted by molar-refractivity contribution is 5.91. The van der Waals surface area contributed by atoms with Crippen molar-refractivity contribution in [2.75, 3.05) is 13.6 Å². The quantitative estimate of drug-likeness (QED) is 0.565. The van der Waals surface area contributed by atoms with Crippen LogP contribution in [0.4, 0.5) is 0 Å². The smallest absolute Gasteiger partial charge is 0.248 e. The first-order valence-electron chi connectivity index (χ1n) is 3.37. The SMILES string of the molecule is C=C(C)C(=O)N(C)CCC#N. The molecular weight excluding hydrogens is 140 g/mol. The molecule has 60 valence electrons. The zero-order valence-corrected chi connectivity index (χ0v) is 6.92. The first kappa shape index (κ1) is 9.70. The molecule has 1 amide bonds. The van der Waals surface area contributed by atoms with E-state index < -0.39 is 0 Å². The summed E-state index contributed by atoms with van der Waals surface area (Å²) in [5.74, 6) is -0.0970.